The van der Waals surface area contributed by atoms with E-state index in [1.54, 1.807) is 6.20 Å². The van der Waals surface area contributed by atoms with Gasteiger partial charge in [0.05, 0.1) is 17.3 Å². The SMILES string of the molecule is CCN(C)c1cccnc1N1CCN(c2cc3ccc(C#N)cc3[nH]2)C(C=O)C1. The summed E-state index contributed by atoms with van der Waals surface area (Å²) >= 11 is 0. The van der Waals surface area contributed by atoms with Gasteiger partial charge in [0.25, 0.3) is 0 Å². The molecule has 1 fully saturated rings. The van der Waals surface area contributed by atoms with E-state index < -0.39 is 0 Å². The smallest absolute Gasteiger partial charge is 0.152 e. The van der Waals surface area contributed by atoms with Crippen molar-refractivity contribution in [1.29, 1.82) is 5.26 Å². The van der Waals surface area contributed by atoms with Gasteiger partial charge in [-0.1, -0.05) is 6.07 Å². The number of aldehydes is 1. The van der Waals surface area contributed by atoms with Crippen LogP contribution in [0.5, 0.6) is 0 Å². The summed E-state index contributed by atoms with van der Waals surface area (Å²) in [6, 6.07) is 13.5. The Morgan fingerprint density at radius 3 is 2.97 bits per heavy atom. The molecule has 2 aromatic heterocycles. The molecule has 0 bridgehead atoms. The Balaban J connectivity index is 1.60. The number of piperazine rings is 1. The van der Waals surface area contributed by atoms with Gasteiger partial charge in [-0.2, -0.15) is 5.26 Å². The van der Waals surface area contributed by atoms with Crippen molar-refractivity contribution in [1.82, 2.24) is 9.97 Å². The average molecular weight is 388 g/mol. The molecule has 29 heavy (non-hydrogen) atoms. The van der Waals surface area contributed by atoms with E-state index in [9.17, 15) is 4.79 Å². The number of rotatable bonds is 5. The van der Waals surface area contributed by atoms with Gasteiger partial charge >= 0.3 is 0 Å². The number of hydrogen-bond donors (Lipinski definition) is 1. The molecule has 0 amide bonds. The number of nitrogens with zero attached hydrogens (tertiary/aromatic N) is 5. The first-order chi connectivity index (χ1) is 14.1. The standard InChI is InChI=1S/C22H24N6O/c1-3-26(2)20-5-4-8-24-22(20)27-9-10-28(18(14-27)15-29)21-12-17-7-6-16(13-23)11-19(17)25-21/h4-8,11-12,15,18,25H,3,9-10,14H2,1-2H3. The number of pyridine rings is 1. The van der Waals surface area contributed by atoms with Crippen molar-refractivity contribution in [3.63, 3.8) is 0 Å². The molecule has 0 aliphatic carbocycles. The fourth-order valence-electron chi connectivity index (χ4n) is 3.85. The first-order valence-corrected chi connectivity index (χ1v) is 9.80. The van der Waals surface area contributed by atoms with Gasteiger partial charge in [-0.3, -0.25) is 0 Å². The summed E-state index contributed by atoms with van der Waals surface area (Å²) in [5.74, 6) is 1.82. The zero-order valence-electron chi connectivity index (χ0n) is 16.7. The zero-order chi connectivity index (χ0) is 20.4. The van der Waals surface area contributed by atoms with Crippen molar-refractivity contribution in [3.05, 3.63) is 48.2 Å². The number of nitrogens with one attached hydrogen (secondary N) is 1. The van der Waals surface area contributed by atoms with Gasteiger partial charge in [-0.05, 0) is 37.3 Å². The Hall–Kier alpha value is -3.53. The number of aromatic amines is 1. The summed E-state index contributed by atoms with van der Waals surface area (Å²) in [5, 5.41) is 10.1. The highest BCUT2D eigenvalue weighted by molar-refractivity contribution is 5.86. The minimum Gasteiger partial charge on any atom is -0.372 e. The first-order valence-electron chi connectivity index (χ1n) is 9.80. The van der Waals surface area contributed by atoms with Crippen LogP contribution in [0.4, 0.5) is 17.3 Å². The van der Waals surface area contributed by atoms with E-state index >= 15 is 0 Å². The molecule has 0 saturated carbocycles. The highest BCUT2D eigenvalue weighted by Gasteiger charge is 2.30. The molecule has 4 rings (SSSR count). The molecule has 1 unspecified atom stereocenters. The molecule has 7 heteroatoms. The van der Waals surface area contributed by atoms with Crippen LogP contribution in [-0.2, 0) is 4.79 Å². The molecule has 1 aromatic carbocycles. The molecular weight excluding hydrogens is 364 g/mol. The van der Waals surface area contributed by atoms with Crippen LogP contribution in [-0.4, -0.2) is 55.5 Å². The van der Waals surface area contributed by atoms with Crippen molar-refractivity contribution < 1.29 is 4.79 Å². The van der Waals surface area contributed by atoms with E-state index in [1.165, 1.54) is 0 Å². The van der Waals surface area contributed by atoms with Gasteiger partial charge in [0, 0.05) is 50.3 Å². The first kappa shape index (κ1) is 18.8. The highest BCUT2D eigenvalue weighted by Crippen LogP contribution is 2.30. The number of carbonyl (C=O) groups excluding carboxylic acids is 1. The van der Waals surface area contributed by atoms with E-state index in [0.717, 1.165) is 47.6 Å². The van der Waals surface area contributed by atoms with E-state index in [4.69, 9.17) is 5.26 Å². The van der Waals surface area contributed by atoms with Crippen LogP contribution < -0.4 is 14.7 Å². The van der Waals surface area contributed by atoms with Gasteiger partial charge in [0.2, 0.25) is 0 Å². The van der Waals surface area contributed by atoms with Gasteiger partial charge < -0.3 is 24.5 Å². The molecule has 3 heterocycles. The van der Waals surface area contributed by atoms with E-state index in [1.807, 2.05) is 37.4 Å². The Morgan fingerprint density at radius 2 is 2.21 bits per heavy atom. The molecule has 1 atom stereocenters. The Labute approximate surface area is 170 Å². The molecule has 1 aliphatic heterocycles. The minimum absolute atomic E-state index is 0.283. The van der Waals surface area contributed by atoms with E-state index in [0.29, 0.717) is 18.7 Å². The van der Waals surface area contributed by atoms with Crippen LogP contribution in [0.3, 0.4) is 0 Å². The second kappa shape index (κ2) is 7.84. The lowest BCUT2D eigenvalue weighted by atomic mass is 10.1. The Morgan fingerprint density at radius 1 is 1.34 bits per heavy atom. The van der Waals surface area contributed by atoms with Gasteiger partial charge in [-0.15, -0.1) is 0 Å². The van der Waals surface area contributed by atoms with Crippen molar-refractivity contribution in [2.24, 2.45) is 0 Å². The summed E-state index contributed by atoms with van der Waals surface area (Å²) in [5.41, 5.74) is 2.59. The third kappa shape index (κ3) is 3.49. The molecular formula is C22H24N6O. The summed E-state index contributed by atoms with van der Waals surface area (Å²) < 4.78 is 0. The zero-order valence-corrected chi connectivity index (χ0v) is 16.7. The van der Waals surface area contributed by atoms with Crippen molar-refractivity contribution in [3.8, 4) is 6.07 Å². The van der Waals surface area contributed by atoms with Crippen LogP contribution in [0.2, 0.25) is 0 Å². The maximum Gasteiger partial charge on any atom is 0.152 e. The third-order valence-corrected chi connectivity index (χ3v) is 5.57. The Bertz CT molecular complexity index is 1070. The largest absolute Gasteiger partial charge is 0.372 e. The predicted molar refractivity (Wildman–Crippen MR) is 116 cm³/mol. The number of anilines is 3. The van der Waals surface area contributed by atoms with Crippen LogP contribution in [0, 0.1) is 11.3 Å². The van der Waals surface area contributed by atoms with Gasteiger partial charge in [-0.25, -0.2) is 4.98 Å². The summed E-state index contributed by atoms with van der Waals surface area (Å²) in [6.07, 6.45) is 2.81. The number of hydrogen-bond acceptors (Lipinski definition) is 6. The molecule has 1 N–H and O–H groups in total. The minimum atomic E-state index is -0.283. The summed E-state index contributed by atoms with van der Waals surface area (Å²) in [7, 11) is 2.05. The third-order valence-electron chi connectivity index (χ3n) is 5.57. The lowest BCUT2D eigenvalue weighted by molar-refractivity contribution is -0.109. The predicted octanol–water partition coefficient (Wildman–Crippen LogP) is 2.78. The van der Waals surface area contributed by atoms with Gasteiger partial charge in [0.1, 0.15) is 18.1 Å². The van der Waals surface area contributed by atoms with Crippen molar-refractivity contribution in [2.45, 2.75) is 13.0 Å². The second-order valence-corrected chi connectivity index (χ2v) is 7.27. The normalized spacial score (nSPS) is 16.7. The monoisotopic (exact) mass is 388 g/mol. The maximum atomic E-state index is 12.0. The van der Waals surface area contributed by atoms with E-state index in [-0.39, 0.29) is 6.04 Å². The number of H-pyrrole nitrogens is 1. The molecule has 1 aliphatic rings. The number of aromatic nitrogens is 2. The van der Waals surface area contributed by atoms with Crippen molar-refractivity contribution >= 4 is 34.5 Å². The molecule has 3 aromatic rings. The van der Waals surface area contributed by atoms with E-state index in [2.05, 4.69) is 43.7 Å². The number of benzene rings is 1. The lowest BCUT2D eigenvalue weighted by Crippen LogP contribution is -2.54. The topological polar surface area (TPSA) is 79.3 Å². The highest BCUT2D eigenvalue weighted by atomic mass is 16.1. The Kier molecular flexibility index (Phi) is 5.09. The number of carbonyl (C=O) groups is 1. The average Bonchev–Trinajstić information content (AvgIpc) is 3.21. The van der Waals surface area contributed by atoms with Crippen LogP contribution in [0.25, 0.3) is 10.9 Å². The molecule has 0 radical (unpaired) electrons. The molecule has 7 nitrogen and oxygen atoms in total. The number of nitriles is 1. The summed E-state index contributed by atoms with van der Waals surface area (Å²) in [6.45, 7) is 5.04. The fourth-order valence-corrected chi connectivity index (χ4v) is 3.85. The van der Waals surface area contributed by atoms with Crippen LogP contribution >= 0.6 is 0 Å². The quantitative estimate of drug-likeness (QED) is 0.677. The molecule has 148 valence electrons. The maximum absolute atomic E-state index is 12.0. The second-order valence-electron chi connectivity index (χ2n) is 7.27. The molecule has 1 saturated heterocycles. The number of fused-ring (bicyclic) bond motifs is 1. The molecule has 0 spiro atoms. The summed E-state index contributed by atoms with van der Waals surface area (Å²) in [4.78, 5) is 26.4. The van der Waals surface area contributed by atoms with Crippen LogP contribution in [0.1, 0.15) is 12.5 Å². The van der Waals surface area contributed by atoms with Crippen LogP contribution in [0.15, 0.2) is 42.6 Å². The fraction of sp³-hybridized carbons (Fsp3) is 0.318. The van der Waals surface area contributed by atoms with Crippen molar-refractivity contribution in [2.75, 3.05) is 47.9 Å². The van der Waals surface area contributed by atoms with Gasteiger partial charge in [0.15, 0.2) is 5.82 Å². The lowest BCUT2D eigenvalue weighted by Gasteiger charge is -2.41.